The van der Waals surface area contributed by atoms with Crippen LogP contribution in [0.25, 0.3) is 55.0 Å². The summed E-state index contributed by atoms with van der Waals surface area (Å²) in [6.07, 6.45) is 0. The summed E-state index contributed by atoms with van der Waals surface area (Å²) in [5.41, 5.74) is 10.1. The van der Waals surface area contributed by atoms with Crippen LogP contribution in [0.4, 0.5) is 0 Å². The summed E-state index contributed by atoms with van der Waals surface area (Å²) in [4.78, 5) is 0. The highest BCUT2D eigenvalue weighted by Gasteiger charge is 2.11. The largest absolute Gasteiger partial charge is 0.400 e. The summed E-state index contributed by atoms with van der Waals surface area (Å²) in [6.45, 7) is 4.24. The lowest BCUT2D eigenvalue weighted by molar-refractivity contribution is 0.399. The van der Waals surface area contributed by atoms with Crippen molar-refractivity contribution in [2.45, 2.75) is 13.8 Å². The van der Waals surface area contributed by atoms with Crippen molar-refractivity contribution >= 4 is 43.6 Å². The van der Waals surface area contributed by atoms with E-state index < -0.39 is 0 Å². The van der Waals surface area contributed by atoms with Gasteiger partial charge in [-0.3, -0.25) is 0 Å². The summed E-state index contributed by atoms with van der Waals surface area (Å²) in [5, 5.41) is 12.2. The number of nitrogens with zero attached hydrogens (tertiary/aromatic N) is 2. The standard InChI is InChI=1S/2C19H15N.CH4O/c2*1-14-10-12-15(13-11-14)20-18-8-4-2-6-16(18)17-7-3-5-9-19(17)20;1-2/h2*2-13H,1H3;2H,1H3. The molecule has 0 aliphatic rings. The monoisotopic (exact) mass is 546 g/mol. The molecule has 0 amide bonds. The van der Waals surface area contributed by atoms with Crippen LogP contribution in [0.15, 0.2) is 146 Å². The molecule has 0 radical (unpaired) electrons. The van der Waals surface area contributed by atoms with Crippen LogP contribution in [0.3, 0.4) is 0 Å². The Hall–Kier alpha value is -5.12. The first kappa shape index (κ1) is 27.1. The molecule has 0 atom stereocenters. The SMILES string of the molecule is CO.Cc1ccc(-n2c3ccccc3c3ccccc32)cc1.Cc1ccc(-n2c3ccccc3c3ccccc32)cc1. The van der Waals surface area contributed by atoms with Gasteiger partial charge >= 0.3 is 0 Å². The minimum Gasteiger partial charge on any atom is -0.400 e. The number of aliphatic hydroxyl groups is 1. The molecule has 3 heteroatoms. The van der Waals surface area contributed by atoms with E-state index in [1.165, 1.54) is 66.1 Å². The maximum Gasteiger partial charge on any atom is 0.0541 e. The third-order valence-electron chi connectivity index (χ3n) is 7.74. The zero-order chi connectivity index (χ0) is 29.1. The number of para-hydroxylation sites is 4. The van der Waals surface area contributed by atoms with Gasteiger partial charge < -0.3 is 14.2 Å². The minimum atomic E-state index is 1.00. The zero-order valence-electron chi connectivity index (χ0n) is 24.2. The van der Waals surface area contributed by atoms with Crippen molar-refractivity contribution in [1.29, 1.82) is 0 Å². The Labute approximate surface area is 246 Å². The van der Waals surface area contributed by atoms with Gasteiger partial charge in [0.05, 0.1) is 22.1 Å². The molecule has 206 valence electrons. The van der Waals surface area contributed by atoms with Crippen molar-refractivity contribution < 1.29 is 5.11 Å². The van der Waals surface area contributed by atoms with Crippen molar-refractivity contribution in [3.8, 4) is 11.4 Å². The smallest absolute Gasteiger partial charge is 0.0541 e. The number of hydrogen-bond donors (Lipinski definition) is 1. The fourth-order valence-electron chi connectivity index (χ4n) is 5.79. The highest BCUT2D eigenvalue weighted by Crippen LogP contribution is 2.33. The number of rotatable bonds is 2. The number of aromatic nitrogens is 2. The van der Waals surface area contributed by atoms with Crippen molar-refractivity contribution in [3.63, 3.8) is 0 Å². The molecular weight excluding hydrogens is 512 g/mol. The molecular formula is C39H34N2O. The normalized spacial score (nSPS) is 10.9. The van der Waals surface area contributed by atoms with Gasteiger partial charge in [-0.15, -0.1) is 0 Å². The van der Waals surface area contributed by atoms with Gasteiger partial charge in [-0.2, -0.15) is 0 Å². The van der Waals surface area contributed by atoms with Crippen LogP contribution in [-0.2, 0) is 0 Å². The summed E-state index contributed by atoms with van der Waals surface area (Å²) in [6, 6.07) is 51.8. The lowest BCUT2D eigenvalue weighted by Crippen LogP contribution is -1.93. The molecule has 0 fully saturated rings. The Bertz CT molecular complexity index is 1850. The molecule has 0 bridgehead atoms. The summed E-state index contributed by atoms with van der Waals surface area (Å²) in [7, 11) is 1.00. The van der Waals surface area contributed by atoms with Gasteiger partial charge in [0.1, 0.15) is 0 Å². The Morgan fingerprint density at radius 1 is 0.333 bits per heavy atom. The molecule has 0 unspecified atom stereocenters. The molecule has 2 heterocycles. The van der Waals surface area contributed by atoms with Gasteiger partial charge in [-0.1, -0.05) is 108 Å². The molecule has 0 saturated heterocycles. The molecule has 8 aromatic rings. The van der Waals surface area contributed by atoms with Crippen LogP contribution >= 0.6 is 0 Å². The fourth-order valence-corrected chi connectivity index (χ4v) is 5.79. The van der Waals surface area contributed by atoms with E-state index in [1.54, 1.807) is 0 Å². The lowest BCUT2D eigenvalue weighted by atomic mass is 10.2. The molecule has 6 aromatic carbocycles. The second kappa shape index (κ2) is 11.8. The number of fused-ring (bicyclic) bond motifs is 6. The van der Waals surface area contributed by atoms with E-state index in [4.69, 9.17) is 5.11 Å². The van der Waals surface area contributed by atoms with Crippen molar-refractivity contribution in [3.05, 3.63) is 157 Å². The first-order valence-electron chi connectivity index (χ1n) is 14.2. The van der Waals surface area contributed by atoms with E-state index in [0.29, 0.717) is 0 Å². The quantitative estimate of drug-likeness (QED) is 0.230. The molecule has 0 saturated carbocycles. The summed E-state index contributed by atoms with van der Waals surface area (Å²) < 4.78 is 4.67. The first-order valence-corrected chi connectivity index (χ1v) is 14.2. The Morgan fingerprint density at radius 2 is 0.571 bits per heavy atom. The van der Waals surface area contributed by atoms with Crippen LogP contribution in [0, 0.1) is 13.8 Å². The topological polar surface area (TPSA) is 30.1 Å². The highest BCUT2D eigenvalue weighted by atomic mass is 16.2. The highest BCUT2D eigenvalue weighted by molar-refractivity contribution is 6.10. The number of aryl methyl sites for hydroxylation is 2. The average Bonchev–Trinajstić information content (AvgIpc) is 3.57. The Morgan fingerprint density at radius 3 is 0.833 bits per heavy atom. The maximum atomic E-state index is 7.00. The van der Waals surface area contributed by atoms with Gasteiger partial charge in [0.15, 0.2) is 0 Å². The molecule has 3 nitrogen and oxygen atoms in total. The van der Waals surface area contributed by atoms with Crippen LogP contribution in [-0.4, -0.2) is 21.4 Å². The molecule has 1 N–H and O–H groups in total. The van der Waals surface area contributed by atoms with E-state index in [0.717, 1.165) is 7.11 Å². The van der Waals surface area contributed by atoms with Crippen LogP contribution in [0.1, 0.15) is 11.1 Å². The van der Waals surface area contributed by atoms with Crippen LogP contribution < -0.4 is 0 Å². The Kier molecular flexibility index (Phi) is 7.59. The predicted molar refractivity (Wildman–Crippen MR) is 179 cm³/mol. The molecule has 2 aromatic heterocycles. The molecule has 42 heavy (non-hydrogen) atoms. The zero-order valence-corrected chi connectivity index (χ0v) is 24.2. The second-order valence-electron chi connectivity index (χ2n) is 10.4. The fraction of sp³-hybridized carbons (Fsp3) is 0.0769. The predicted octanol–water partition coefficient (Wildman–Crippen LogP) is 9.79. The van der Waals surface area contributed by atoms with Gasteiger partial charge in [0.25, 0.3) is 0 Å². The Balaban J connectivity index is 0.000000142. The number of benzene rings is 6. The van der Waals surface area contributed by atoms with Crippen LogP contribution in [0.5, 0.6) is 0 Å². The minimum absolute atomic E-state index is 1.00. The van der Waals surface area contributed by atoms with Gasteiger partial charge in [-0.05, 0) is 62.4 Å². The molecule has 8 rings (SSSR count). The lowest BCUT2D eigenvalue weighted by Gasteiger charge is -2.07. The summed E-state index contributed by atoms with van der Waals surface area (Å²) in [5.74, 6) is 0. The number of aliphatic hydroxyl groups excluding tert-OH is 1. The van der Waals surface area contributed by atoms with E-state index in [2.05, 4.69) is 169 Å². The maximum absolute atomic E-state index is 7.00. The molecule has 0 aliphatic heterocycles. The van der Waals surface area contributed by atoms with Gasteiger partial charge in [0.2, 0.25) is 0 Å². The first-order chi connectivity index (χ1) is 20.7. The third-order valence-corrected chi connectivity index (χ3v) is 7.74. The second-order valence-corrected chi connectivity index (χ2v) is 10.4. The van der Waals surface area contributed by atoms with E-state index in [-0.39, 0.29) is 0 Å². The van der Waals surface area contributed by atoms with E-state index in [9.17, 15) is 0 Å². The average molecular weight is 547 g/mol. The summed E-state index contributed by atoms with van der Waals surface area (Å²) >= 11 is 0. The van der Waals surface area contributed by atoms with E-state index in [1.807, 2.05) is 0 Å². The van der Waals surface area contributed by atoms with Crippen molar-refractivity contribution in [1.82, 2.24) is 9.13 Å². The van der Waals surface area contributed by atoms with Crippen molar-refractivity contribution in [2.24, 2.45) is 0 Å². The molecule has 0 spiro atoms. The van der Waals surface area contributed by atoms with E-state index >= 15 is 0 Å². The van der Waals surface area contributed by atoms with Crippen molar-refractivity contribution in [2.75, 3.05) is 7.11 Å². The van der Waals surface area contributed by atoms with Gasteiger partial charge in [0, 0.05) is 40.0 Å². The van der Waals surface area contributed by atoms with Gasteiger partial charge in [-0.25, -0.2) is 0 Å². The number of hydrogen-bond acceptors (Lipinski definition) is 1. The third kappa shape index (κ3) is 4.85. The van der Waals surface area contributed by atoms with Crippen LogP contribution in [0.2, 0.25) is 0 Å². The molecule has 0 aliphatic carbocycles.